The Hall–Kier alpha value is -0.640. The summed E-state index contributed by atoms with van der Waals surface area (Å²) in [6, 6.07) is 0. The molecule has 4 heteroatoms. The Morgan fingerprint density at radius 3 is 2.56 bits per heavy atom. The molecule has 0 aromatic carbocycles. The molecule has 0 aliphatic carbocycles. The van der Waals surface area contributed by atoms with E-state index < -0.39 is 6.61 Å². The van der Waals surface area contributed by atoms with Gasteiger partial charge in [0.15, 0.2) is 0 Å². The first kappa shape index (κ1) is 8.36. The summed E-state index contributed by atoms with van der Waals surface area (Å²) in [5, 5.41) is 0. The van der Waals surface area contributed by atoms with Crippen molar-refractivity contribution >= 4 is 0 Å². The largest absolute Gasteiger partial charge is 0.499 e. The number of ether oxygens (including phenoxy) is 2. The lowest BCUT2D eigenvalue weighted by atomic mass is 10.8. The number of hydrogen-bond donors (Lipinski definition) is 0. The molecule has 0 atom stereocenters. The quantitative estimate of drug-likeness (QED) is 0.422. The molecule has 0 saturated carbocycles. The molecule has 0 heterocycles. The molecule has 0 spiro atoms. The topological polar surface area (TPSA) is 18.5 Å². The van der Waals surface area contributed by atoms with Crippen molar-refractivity contribution in [3.05, 3.63) is 12.8 Å². The summed E-state index contributed by atoms with van der Waals surface area (Å²) in [6.07, 6.45) is 1.18. The molecule has 0 aliphatic heterocycles. The second-order valence-corrected chi connectivity index (χ2v) is 1.17. The maximum Gasteiger partial charge on any atom is 0.345 e. The Bertz CT molecular complexity index is 75.4. The Morgan fingerprint density at radius 2 is 2.11 bits per heavy atom. The van der Waals surface area contributed by atoms with Crippen LogP contribution in [0.3, 0.4) is 0 Å². The van der Waals surface area contributed by atoms with Crippen molar-refractivity contribution in [3.8, 4) is 0 Å². The van der Waals surface area contributed by atoms with Gasteiger partial charge < -0.3 is 9.47 Å². The maximum absolute atomic E-state index is 11.2. The lowest BCUT2D eigenvalue weighted by Crippen LogP contribution is -2.05. The van der Waals surface area contributed by atoms with E-state index in [0.29, 0.717) is 0 Å². The predicted octanol–water partition coefficient (Wildman–Crippen LogP) is 1.39. The molecule has 2 nitrogen and oxygen atoms in total. The van der Waals surface area contributed by atoms with Gasteiger partial charge in [-0.2, -0.15) is 8.78 Å². The normalized spacial score (nSPS) is 9.67. The second-order valence-electron chi connectivity index (χ2n) is 1.17. The van der Waals surface area contributed by atoms with Crippen molar-refractivity contribution in [2.24, 2.45) is 0 Å². The van der Waals surface area contributed by atoms with Gasteiger partial charge in [0.1, 0.15) is 6.61 Å². The molecule has 0 aromatic heterocycles. The Morgan fingerprint density at radius 1 is 1.44 bits per heavy atom. The van der Waals surface area contributed by atoms with Crippen LogP contribution in [0.2, 0.25) is 0 Å². The van der Waals surface area contributed by atoms with Crippen LogP contribution in [0.4, 0.5) is 8.78 Å². The van der Waals surface area contributed by atoms with Gasteiger partial charge in [0.05, 0.1) is 12.9 Å². The van der Waals surface area contributed by atoms with Crippen molar-refractivity contribution in [3.63, 3.8) is 0 Å². The van der Waals surface area contributed by atoms with Crippen molar-refractivity contribution in [2.75, 3.05) is 13.2 Å². The Balaban J connectivity index is 2.82. The first-order valence-corrected chi connectivity index (χ1v) is 2.39. The van der Waals surface area contributed by atoms with Gasteiger partial charge in [-0.1, -0.05) is 6.58 Å². The van der Waals surface area contributed by atoms with Crippen molar-refractivity contribution < 1.29 is 18.3 Å². The molecular formula is C5H8F2O2. The van der Waals surface area contributed by atoms with Crippen LogP contribution in [-0.2, 0) is 9.47 Å². The van der Waals surface area contributed by atoms with E-state index >= 15 is 0 Å². The summed E-state index contributed by atoms with van der Waals surface area (Å²) in [5.74, 6) is 0. The minimum Gasteiger partial charge on any atom is -0.499 e. The molecule has 0 fully saturated rings. The summed E-state index contributed by atoms with van der Waals surface area (Å²) < 4.78 is 30.6. The molecule has 0 rings (SSSR count). The fourth-order valence-corrected chi connectivity index (χ4v) is 0.269. The molecule has 9 heavy (non-hydrogen) atoms. The SMILES string of the molecule is C=COCCOC(F)F. The van der Waals surface area contributed by atoms with E-state index in [0.717, 1.165) is 0 Å². The smallest absolute Gasteiger partial charge is 0.345 e. The van der Waals surface area contributed by atoms with E-state index in [1.807, 2.05) is 0 Å². The molecule has 0 saturated heterocycles. The maximum atomic E-state index is 11.2. The Labute approximate surface area is 52.1 Å². The van der Waals surface area contributed by atoms with E-state index in [-0.39, 0.29) is 13.2 Å². The lowest BCUT2D eigenvalue weighted by Gasteiger charge is -2.00. The average Bonchev–Trinajstić information content (AvgIpc) is 1.80. The van der Waals surface area contributed by atoms with E-state index in [1.54, 1.807) is 0 Å². The van der Waals surface area contributed by atoms with Crippen molar-refractivity contribution in [1.29, 1.82) is 0 Å². The Kier molecular flexibility index (Phi) is 5.11. The van der Waals surface area contributed by atoms with Gasteiger partial charge in [0, 0.05) is 0 Å². The molecule has 0 N–H and O–H groups in total. The third-order valence-corrected chi connectivity index (χ3v) is 0.563. The van der Waals surface area contributed by atoms with Crippen LogP contribution < -0.4 is 0 Å². The molecule has 0 amide bonds. The molecule has 0 aromatic rings. The second kappa shape index (κ2) is 5.50. The number of hydrogen-bond acceptors (Lipinski definition) is 2. The predicted molar refractivity (Wildman–Crippen MR) is 28.1 cm³/mol. The molecule has 0 aliphatic rings. The van der Waals surface area contributed by atoms with Crippen LogP contribution in [-0.4, -0.2) is 19.8 Å². The third kappa shape index (κ3) is 7.36. The number of rotatable bonds is 5. The highest BCUT2D eigenvalue weighted by molar-refractivity contribution is 4.47. The van der Waals surface area contributed by atoms with Crippen LogP contribution in [0.15, 0.2) is 12.8 Å². The van der Waals surface area contributed by atoms with Gasteiger partial charge in [-0.15, -0.1) is 0 Å². The summed E-state index contributed by atoms with van der Waals surface area (Å²) in [5.41, 5.74) is 0. The van der Waals surface area contributed by atoms with Gasteiger partial charge in [-0.05, 0) is 0 Å². The van der Waals surface area contributed by atoms with E-state index in [1.165, 1.54) is 6.26 Å². The van der Waals surface area contributed by atoms with Crippen LogP contribution in [0.25, 0.3) is 0 Å². The summed E-state index contributed by atoms with van der Waals surface area (Å²) in [4.78, 5) is 0. The van der Waals surface area contributed by atoms with Crippen molar-refractivity contribution in [2.45, 2.75) is 6.61 Å². The van der Waals surface area contributed by atoms with E-state index in [9.17, 15) is 8.78 Å². The number of halogens is 2. The van der Waals surface area contributed by atoms with E-state index in [4.69, 9.17) is 0 Å². The zero-order chi connectivity index (χ0) is 7.11. The highest BCUT2D eigenvalue weighted by atomic mass is 19.3. The van der Waals surface area contributed by atoms with Crippen LogP contribution in [0.1, 0.15) is 0 Å². The fourth-order valence-electron chi connectivity index (χ4n) is 0.269. The first-order valence-electron chi connectivity index (χ1n) is 2.39. The molecule has 0 unspecified atom stereocenters. The van der Waals surface area contributed by atoms with Gasteiger partial charge in [-0.3, -0.25) is 0 Å². The van der Waals surface area contributed by atoms with E-state index in [2.05, 4.69) is 16.1 Å². The number of alkyl halides is 2. The monoisotopic (exact) mass is 138 g/mol. The zero-order valence-corrected chi connectivity index (χ0v) is 4.85. The van der Waals surface area contributed by atoms with Gasteiger partial charge >= 0.3 is 6.61 Å². The summed E-state index contributed by atoms with van der Waals surface area (Å²) >= 11 is 0. The van der Waals surface area contributed by atoms with Gasteiger partial charge in [0.25, 0.3) is 0 Å². The summed E-state index contributed by atoms with van der Waals surface area (Å²) in [7, 11) is 0. The zero-order valence-electron chi connectivity index (χ0n) is 4.85. The summed E-state index contributed by atoms with van der Waals surface area (Å²) in [6.45, 7) is 0.514. The third-order valence-electron chi connectivity index (χ3n) is 0.563. The van der Waals surface area contributed by atoms with Crippen LogP contribution in [0.5, 0.6) is 0 Å². The van der Waals surface area contributed by atoms with Crippen molar-refractivity contribution in [1.82, 2.24) is 0 Å². The minimum absolute atomic E-state index is 0.107. The first-order chi connectivity index (χ1) is 4.27. The molecule has 0 radical (unpaired) electrons. The lowest BCUT2D eigenvalue weighted by molar-refractivity contribution is -0.135. The molecular weight excluding hydrogens is 130 g/mol. The van der Waals surface area contributed by atoms with Gasteiger partial charge in [-0.25, -0.2) is 0 Å². The highest BCUT2D eigenvalue weighted by Gasteiger charge is 1.98. The molecule has 54 valence electrons. The van der Waals surface area contributed by atoms with Crippen LogP contribution in [0, 0.1) is 0 Å². The van der Waals surface area contributed by atoms with Crippen LogP contribution >= 0.6 is 0 Å². The van der Waals surface area contributed by atoms with Gasteiger partial charge in [0.2, 0.25) is 0 Å². The minimum atomic E-state index is -2.71. The fraction of sp³-hybridized carbons (Fsp3) is 0.600. The standard InChI is InChI=1S/C5H8F2O2/c1-2-8-3-4-9-5(6)7/h2,5H,1,3-4H2. The highest BCUT2D eigenvalue weighted by Crippen LogP contribution is 1.92. The molecule has 0 bridgehead atoms. The average molecular weight is 138 g/mol.